The number of anilines is 1. The standard InChI is InChI=1S/C20H26F3N5O/c1-14-13-28(26-17(14)12-21)19-24-16(10-15-2-4-20(22,23)5-3-15)11-18(25-19)27-6-8-29-9-7-27/h11,13,15H,2-10,12H2,1H3. The Hall–Kier alpha value is -2.16. The van der Waals surface area contributed by atoms with Crippen molar-refractivity contribution in [2.24, 2.45) is 5.92 Å². The van der Waals surface area contributed by atoms with Crippen LogP contribution in [0.5, 0.6) is 0 Å². The van der Waals surface area contributed by atoms with Gasteiger partial charge < -0.3 is 9.64 Å². The van der Waals surface area contributed by atoms with Gasteiger partial charge in [0, 0.05) is 43.9 Å². The summed E-state index contributed by atoms with van der Waals surface area (Å²) in [7, 11) is 0. The summed E-state index contributed by atoms with van der Waals surface area (Å²) in [4.78, 5) is 11.4. The highest BCUT2D eigenvalue weighted by Gasteiger charge is 2.35. The average Bonchev–Trinajstić information content (AvgIpc) is 3.11. The predicted molar refractivity (Wildman–Crippen MR) is 102 cm³/mol. The number of nitrogens with zero attached hydrogens (tertiary/aromatic N) is 5. The molecule has 2 aliphatic rings. The van der Waals surface area contributed by atoms with Crippen LogP contribution in [-0.4, -0.2) is 52.0 Å². The lowest BCUT2D eigenvalue weighted by molar-refractivity contribution is -0.0457. The topological polar surface area (TPSA) is 56.1 Å². The third kappa shape index (κ3) is 4.71. The summed E-state index contributed by atoms with van der Waals surface area (Å²) < 4.78 is 47.1. The van der Waals surface area contributed by atoms with E-state index in [-0.39, 0.29) is 18.8 Å². The van der Waals surface area contributed by atoms with Gasteiger partial charge in [-0.15, -0.1) is 0 Å². The number of aromatic nitrogens is 4. The molecule has 1 aliphatic heterocycles. The Labute approximate surface area is 168 Å². The van der Waals surface area contributed by atoms with Crippen molar-refractivity contribution in [2.45, 2.75) is 51.6 Å². The molecule has 0 spiro atoms. The van der Waals surface area contributed by atoms with E-state index in [0.717, 1.165) is 30.2 Å². The molecule has 0 N–H and O–H groups in total. The lowest BCUT2D eigenvalue weighted by Crippen LogP contribution is -2.37. The number of halogens is 3. The molecule has 0 unspecified atom stereocenters. The summed E-state index contributed by atoms with van der Waals surface area (Å²) in [5, 5.41) is 4.27. The summed E-state index contributed by atoms with van der Waals surface area (Å²) in [5.74, 6) is -1.21. The summed E-state index contributed by atoms with van der Waals surface area (Å²) in [5.41, 5.74) is 1.91. The number of alkyl halides is 3. The van der Waals surface area contributed by atoms with Crippen molar-refractivity contribution in [2.75, 3.05) is 31.2 Å². The maximum Gasteiger partial charge on any atom is 0.252 e. The van der Waals surface area contributed by atoms with Gasteiger partial charge in [0.05, 0.1) is 18.9 Å². The first-order valence-electron chi connectivity index (χ1n) is 10.1. The molecule has 1 aliphatic carbocycles. The molecule has 0 amide bonds. The zero-order chi connectivity index (χ0) is 20.4. The molecule has 4 rings (SSSR count). The molecule has 9 heteroatoms. The third-order valence-electron chi connectivity index (χ3n) is 5.75. The van der Waals surface area contributed by atoms with Gasteiger partial charge in [0.25, 0.3) is 5.95 Å². The highest BCUT2D eigenvalue weighted by molar-refractivity contribution is 5.43. The van der Waals surface area contributed by atoms with Gasteiger partial charge in [0.15, 0.2) is 0 Å². The van der Waals surface area contributed by atoms with Crippen LogP contribution < -0.4 is 4.90 Å². The monoisotopic (exact) mass is 409 g/mol. The van der Waals surface area contributed by atoms with Crippen LogP contribution in [0.2, 0.25) is 0 Å². The van der Waals surface area contributed by atoms with Gasteiger partial charge in [0.1, 0.15) is 12.5 Å². The highest BCUT2D eigenvalue weighted by Crippen LogP contribution is 2.37. The molecule has 2 aromatic heterocycles. The van der Waals surface area contributed by atoms with E-state index in [2.05, 4.69) is 20.0 Å². The molecule has 6 nitrogen and oxygen atoms in total. The number of ether oxygens (including phenoxy) is 1. The van der Waals surface area contributed by atoms with Crippen molar-refractivity contribution in [3.05, 3.63) is 29.2 Å². The lowest BCUT2D eigenvalue weighted by atomic mass is 9.84. The smallest absolute Gasteiger partial charge is 0.252 e. The van der Waals surface area contributed by atoms with Crippen LogP contribution in [0.15, 0.2) is 12.3 Å². The minimum absolute atomic E-state index is 0.0653. The van der Waals surface area contributed by atoms with Gasteiger partial charge in [-0.2, -0.15) is 10.1 Å². The van der Waals surface area contributed by atoms with Gasteiger partial charge in [-0.3, -0.25) is 0 Å². The zero-order valence-corrected chi connectivity index (χ0v) is 16.6. The van der Waals surface area contributed by atoms with Gasteiger partial charge in [0.2, 0.25) is 5.92 Å². The van der Waals surface area contributed by atoms with Crippen LogP contribution >= 0.6 is 0 Å². The van der Waals surface area contributed by atoms with Crippen LogP contribution in [0.25, 0.3) is 5.95 Å². The summed E-state index contributed by atoms with van der Waals surface area (Å²) >= 11 is 0. The van der Waals surface area contributed by atoms with Crippen molar-refractivity contribution in [3.8, 4) is 5.95 Å². The fraction of sp³-hybridized carbons (Fsp3) is 0.650. The first kappa shape index (κ1) is 20.1. The second-order valence-electron chi connectivity index (χ2n) is 7.96. The number of morpholine rings is 1. The van der Waals surface area contributed by atoms with Crippen LogP contribution in [-0.2, 0) is 17.8 Å². The molecule has 0 aromatic carbocycles. The van der Waals surface area contributed by atoms with Crippen molar-refractivity contribution >= 4 is 5.82 Å². The molecule has 0 radical (unpaired) electrons. The predicted octanol–water partition coefficient (Wildman–Crippen LogP) is 3.64. The Morgan fingerprint density at radius 2 is 1.90 bits per heavy atom. The average molecular weight is 409 g/mol. The Morgan fingerprint density at radius 1 is 1.17 bits per heavy atom. The van der Waals surface area contributed by atoms with E-state index < -0.39 is 12.6 Å². The van der Waals surface area contributed by atoms with Crippen LogP contribution in [0.3, 0.4) is 0 Å². The SMILES string of the molecule is Cc1cn(-c2nc(CC3CCC(F)(F)CC3)cc(N3CCOCC3)n2)nc1CF. The maximum atomic E-state index is 13.5. The summed E-state index contributed by atoms with van der Waals surface area (Å²) in [6.07, 6.45) is 3.20. The quantitative estimate of drug-likeness (QED) is 0.755. The van der Waals surface area contributed by atoms with Crippen LogP contribution in [0.4, 0.5) is 19.0 Å². The fourth-order valence-electron chi connectivity index (χ4n) is 3.96. The largest absolute Gasteiger partial charge is 0.378 e. The van der Waals surface area contributed by atoms with E-state index in [9.17, 15) is 13.2 Å². The Bertz CT molecular complexity index is 841. The minimum Gasteiger partial charge on any atom is -0.378 e. The zero-order valence-electron chi connectivity index (χ0n) is 16.6. The number of rotatable bonds is 5. The van der Waals surface area contributed by atoms with Crippen molar-refractivity contribution in [3.63, 3.8) is 0 Å². The van der Waals surface area contributed by atoms with Crippen molar-refractivity contribution < 1.29 is 17.9 Å². The second-order valence-corrected chi connectivity index (χ2v) is 7.96. The minimum atomic E-state index is -2.54. The lowest BCUT2D eigenvalue weighted by Gasteiger charge is -2.29. The van der Waals surface area contributed by atoms with E-state index in [1.807, 2.05) is 6.07 Å². The maximum absolute atomic E-state index is 13.5. The fourth-order valence-corrected chi connectivity index (χ4v) is 3.96. The first-order valence-corrected chi connectivity index (χ1v) is 10.1. The number of aryl methyl sites for hydroxylation is 1. The molecular formula is C20H26F3N5O. The molecule has 1 saturated carbocycles. The van der Waals surface area contributed by atoms with Gasteiger partial charge in [-0.1, -0.05) is 0 Å². The van der Waals surface area contributed by atoms with E-state index in [1.54, 1.807) is 13.1 Å². The number of hydrogen-bond donors (Lipinski definition) is 0. The molecule has 3 heterocycles. The molecule has 2 aromatic rings. The molecule has 1 saturated heterocycles. The summed E-state index contributed by atoms with van der Waals surface area (Å²) in [6.45, 7) is 3.84. The Balaban J connectivity index is 1.62. The number of hydrogen-bond acceptors (Lipinski definition) is 5. The third-order valence-corrected chi connectivity index (χ3v) is 5.75. The van der Waals surface area contributed by atoms with Crippen molar-refractivity contribution in [1.29, 1.82) is 0 Å². The van der Waals surface area contributed by atoms with Gasteiger partial charge >= 0.3 is 0 Å². The molecule has 0 bridgehead atoms. The van der Waals surface area contributed by atoms with Gasteiger partial charge in [-0.05, 0) is 37.7 Å². The highest BCUT2D eigenvalue weighted by atomic mass is 19.3. The van der Waals surface area contributed by atoms with Crippen molar-refractivity contribution in [1.82, 2.24) is 19.7 Å². The second kappa shape index (κ2) is 8.30. The van der Waals surface area contributed by atoms with E-state index >= 15 is 0 Å². The van der Waals surface area contributed by atoms with Crippen LogP contribution in [0, 0.1) is 12.8 Å². The van der Waals surface area contributed by atoms with E-state index in [0.29, 0.717) is 44.1 Å². The molecule has 29 heavy (non-hydrogen) atoms. The Morgan fingerprint density at radius 3 is 2.55 bits per heavy atom. The molecule has 0 atom stereocenters. The van der Waals surface area contributed by atoms with E-state index in [4.69, 9.17) is 4.74 Å². The first-order chi connectivity index (χ1) is 13.9. The van der Waals surface area contributed by atoms with E-state index in [1.165, 1.54) is 4.68 Å². The molecule has 158 valence electrons. The molecule has 2 fully saturated rings. The van der Waals surface area contributed by atoms with Crippen LogP contribution in [0.1, 0.15) is 42.6 Å². The molecular weight excluding hydrogens is 383 g/mol. The Kier molecular flexibility index (Phi) is 5.76. The normalized spacial score (nSPS) is 20.2. The van der Waals surface area contributed by atoms with Gasteiger partial charge in [-0.25, -0.2) is 22.8 Å². The summed E-state index contributed by atoms with van der Waals surface area (Å²) in [6, 6.07) is 1.94.